The van der Waals surface area contributed by atoms with E-state index in [9.17, 15) is 9.90 Å². The molecule has 0 aliphatic rings. The second kappa shape index (κ2) is 7.68. The summed E-state index contributed by atoms with van der Waals surface area (Å²) in [5.74, 6) is 2.95. The van der Waals surface area contributed by atoms with Crippen molar-refractivity contribution in [3.05, 3.63) is 46.7 Å². The first kappa shape index (κ1) is 16.9. The van der Waals surface area contributed by atoms with Crippen molar-refractivity contribution in [1.29, 1.82) is 0 Å². The number of thiophene rings is 1. The molecule has 23 heavy (non-hydrogen) atoms. The number of carbonyl (C=O) groups excluding carboxylic acids is 1. The van der Waals surface area contributed by atoms with Crippen LogP contribution in [0.2, 0.25) is 0 Å². The summed E-state index contributed by atoms with van der Waals surface area (Å²) in [7, 11) is 0. The Balaban J connectivity index is 1.89. The normalized spacial score (nSPS) is 12.7. The fourth-order valence-corrected chi connectivity index (χ4v) is 2.67. The summed E-state index contributed by atoms with van der Waals surface area (Å²) in [6.45, 7) is 1.92. The molecule has 0 fully saturated rings. The van der Waals surface area contributed by atoms with Gasteiger partial charge in [-0.15, -0.1) is 6.42 Å². The van der Waals surface area contributed by atoms with E-state index in [4.69, 9.17) is 11.2 Å². The number of rotatable bonds is 6. The molecule has 1 aromatic heterocycles. The van der Waals surface area contributed by atoms with Crippen LogP contribution in [0.25, 0.3) is 0 Å². The van der Waals surface area contributed by atoms with Gasteiger partial charge in [-0.3, -0.25) is 0 Å². The molecule has 1 heterocycles. The highest BCUT2D eigenvalue weighted by atomic mass is 32.1. The molecule has 6 heteroatoms. The van der Waals surface area contributed by atoms with E-state index in [-0.39, 0.29) is 13.2 Å². The highest BCUT2D eigenvalue weighted by Crippen LogP contribution is 2.22. The Bertz CT molecular complexity index is 690. The van der Waals surface area contributed by atoms with Crippen molar-refractivity contribution in [2.75, 3.05) is 18.5 Å². The lowest BCUT2D eigenvalue weighted by Gasteiger charge is -2.22. The standard InChI is InChI=1S/C17H18N2O3S/c1-3-8-22-15-6-4-5-14(10-15)19-16(20)18-12-17(2,21)13-7-9-23-11-13/h1,4-7,9-11,21H,8,12H2,2H3,(H2,18,19,20)/t17-/m0/s1. The monoisotopic (exact) mass is 330 g/mol. The maximum absolute atomic E-state index is 12.0. The van der Waals surface area contributed by atoms with Crippen LogP contribution in [0.3, 0.4) is 0 Å². The second-order valence-corrected chi connectivity index (χ2v) is 5.89. The zero-order valence-corrected chi connectivity index (χ0v) is 13.5. The maximum Gasteiger partial charge on any atom is 0.319 e. The van der Waals surface area contributed by atoms with E-state index >= 15 is 0 Å². The molecule has 2 rings (SSSR count). The first-order valence-corrected chi connectivity index (χ1v) is 7.92. The van der Waals surface area contributed by atoms with E-state index in [1.807, 2.05) is 16.8 Å². The van der Waals surface area contributed by atoms with Gasteiger partial charge in [0.15, 0.2) is 0 Å². The van der Waals surface area contributed by atoms with Crippen LogP contribution in [0.15, 0.2) is 41.1 Å². The Labute approximate surface area is 139 Å². The number of aliphatic hydroxyl groups is 1. The minimum atomic E-state index is -1.12. The van der Waals surface area contributed by atoms with Crippen LogP contribution in [0.5, 0.6) is 5.75 Å². The fraction of sp³-hybridized carbons (Fsp3) is 0.235. The SMILES string of the molecule is C#CCOc1cccc(NC(=O)NC[C@](C)(O)c2ccsc2)c1. The predicted octanol–water partition coefficient (Wildman–Crippen LogP) is 2.79. The van der Waals surface area contributed by atoms with E-state index in [1.165, 1.54) is 11.3 Å². The highest BCUT2D eigenvalue weighted by Gasteiger charge is 2.24. The molecule has 5 nitrogen and oxygen atoms in total. The summed E-state index contributed by atoms with van der Waals surface area (Å²) in [4.78, 5) is 12.0. The fourth-order valence-electron chi connectivity index (χ4n) is 1.89. The minimum Gasteiger partial charge on any atom is -0.481 e. The van der Waals surface area contributed by atoms with Gasteiger partial charge in [-0.25, -0.2) is 4.79 Å². The van der Waals surface area contributed by atoms with Crippen molar-refractivity contribution < 1.29 is 14.6 Å². The largest absolute Gasteiger partial charge is 0.481 e. The smallest absolute Gasteiger partial charge is 0.319 e. The van der Waals surface area contributed by atoms with E-state index in [0.717, 1.165) is 5.56 Å². The van der Waals surface area contributed by atoms with Crippen molar-refractivity contribution in [2.45, 2.75) is 12.5 Å². The quantitative estimate of drug-likeness (QED) is 0.713. The lowest BCUT2D eigenvalue weighted by Crippen LogP contribution is -2.40. The molecular weight excluding hydrogens is 312 g/mol. The molecule has 0 aliphatic heterocycles. The minimum absolute atomic E-state index is 0.100. The summed E-state index contributed by atoms with van der Waals surface area (Å²) in [5.41, 5.74) is 0.231. The Morgan fingerprint density at radius 1 is 1.48 bits per heavy atom. The van der Waals surface area contributed by atoms with Crippen LogP contribution in [-0.4, -0.2) is 24.3 Å². The molecule has 3 N–H and O–H groups in total. The first-order valence-electron chi connectivity index (χ1n) is 6.97. The number of carbonyl (C=O) groups is 1. The van der Waals surface area contributed by atoms with Gasteiger partial charge < -0.3 is 20.5 Å². The molecule has 1 aromatic carbocycles. The third kappa shape index (κ3) is 5.02. The van der Waals surface area contributed by atoms with E-state index < -0.39 is 11.6 Å². The number of hydrogen-bond donors (Lipinski definition) is 3. The van der Waals surface area contributed by atoms with Crippen molar-refractivity contribution in [3.8, 4) is 18.1 Å². The zero-order chi connectivity index (χ0) is 16.7. The van der Waals surface area contributed by atoms with E-state index in [2.05, 4.69) is 16.6 Å². The van der Waals surface area contributed by atoms with Crippen molar-refractivity contribution >= 4 is 23.1 Å². The molecule has 120 valence electrons. The first-order chi connectivity index (χ1) is 11.0. The number of terminal acetylenes is 1. The van der Waals surface area contributed by atoms with Crippen LogP contribution < -0.4 is 15.4 Å². The maximum atomic E-state index is 12.0. The average Bonchev–Trinajstić information content (AvgIpc) is 3.07. The average molecular weight is 330 g/mol. The van der Waals surface area contributed by atoms with Gasteiger partial charge in [-0.2, -0.15) is 11.3 Å². The van der Waals surface area contributed by atoms with Crippen LogP contribution in [0, 0.1) is 12.3 Å². The third-order valence-electron chi connectivity index (χ3n) is 3.15. The molecular formula is C17H18N2O3S. The molecule has 0 unspecified atom stereocenters. The van der Waals surface area contributed by atoms with E-state index in [1.54, 1.807) is 31.2 Å². The van der Waals surface area contributed by atoms with Gasteiger partial charge in [0, 0.05) is 11.8 Å². The number of benzene rings is 1. The third-order valence-corrected chi connectivity index (χ3v) is 3.83. The summed E-state index contributed by atoms with van der Waals surface area (Å²) in [5, 5.41) is 19.4. The number of amides is 2. The van der Waals surface area contributed by atoms with E-state index in [0.29, 0.717) is 11.4 Å². The van der Waals surface area contributed by atoms with Crippen LogP contribution in [-0.2, 0) is 5.60 Å². The van der Waals surface area contributed by atoms with Crippen LogP contribution in [0.1, 0.15) is 12.5 Å². The topological polar surface area (TPSA) is 70.6 Å². The molecule has 0 radical (unpaired) electrons. The van der Waals surface area contributed by atoms with Gasteiger partial charge in [-0.05, 0) is 41.4 Å². The van der Waals surface area contributed by atoms with Crippen LogP contribution >= 0.6 is 11.3 Å². The van der Waals surface area contributed by atoms with Crippen LogP contribution in [0.4, 0.5) is 10.5 Å². The molecule has 2 aromatic rings. The van der Waals surface area contributed by atoms with Gasteiger partial charge in [-0.1, -0.05) is 12.0 Å². The molecule has 0 saturated heterocycles. The summed E-state index contributed by atoms with van der Waals surface area (Å²) in [6, 6.07) is 8.34. The van der Waals surface area contributed by atoms with Gasteiger partial charge in [0.2, 0.25) is 0 Å². The second-order valence-electron chi connectivity index (χ2n) is 5.11. The van der Waals surface area contributed by atoms with Crippen molar-refractivity contribution in [1.82, 2.24) is 5.32 Å². The highest BCUT2D eigenvalue weighted by molar-refractivity contribution is 7.08. The number of hydrogen-bond acceptors (Lipinski definition) is 4. The summed E-state index contributed by atoms with van der Waals surface area (Å²) >= 11 is 1.50. The Morgan fingerprint density at radius 3 is 3.00 bits per heavy atom. The molecule has 0 bridgehead atoms. The van der Waals surface area contributed by atoms with Gasteiger partial charge in [0.1, 0.15) is 18.0 Å². The Morgan fingerprint density at radius 2 is 2.30 bits per heavy atom. The lowest BCUT2D eigenvalue weighted by atomic mass is 9.99. The number of nitrogens with one attached hydrogen (secondary N) is 2. The molecule has 2 amide bonds. The van der Waals surface area contributed by atoms with Crippen molar-refractivity contribution in [3.63, 3.8) is 0 Å². The molecule has 0 spiro atoms. The lowest BCUT2D eigenvalue weighted by molar-refractivity contribution is 0.0604. The molecule has 0 aliphatic carbocycles. The van der Waals surface area contributed by atoms with Gasteiger partial charge >= 0.3 is 6.03 Å². The zero-order valence-electron chi connectivity index (χ0n) is 12.7. The predicted molar refractivity (Wildman–Crippen MR) is 91.7 cm³/mol. The summed E-state index contributed by atoms with van der Waals surface area (Å²) < 4.78 is 5.29. The Hall–Kier alpha value is -2.49. The number of urea groups is 1. The van der Waals surface area contributed by atoms with Gasteiger partial charge in [0.05, 0.1) is 6.54 Å². The summed E-state index contributed by atoms with van der Waals surface area (Å²) in [6.07, 6.45) is 5.14. The van der Waals surface area contributed by atoms with Crippen molar-refractivity contribution in [2.24, 2.45) is 0 Å². The molecule has 1 atom stereocenters. The molecule has 0 saturated carbocycles. The number of anilines is 1. The number of ether oxygens (including phenoxy) is 1. The Kier molecular flexibility index (Phi) is 5.63. The van der Waals surface area contributed by atoms with Gasteiger partial charge in [0.25, 0.3) is 0 Å².